The monoisotopic (exact) mass is 472 g/mol. The number of hydrogen-bond acceptors (Lipinski definition) is 4. The van der Waals surface area contributed by atoms with Gasteiger partial charge in [-0.3, -0.25) is 19.4 Å². The zero-order chi connectivity index (χ0) is 24.0. The highest BCUT2D eigenvalue weighted by molar-refractivity contribution is 5.92. The molecule has 2 aromatic carbocycles. The van der Waals surface area contributed by atoms with Crippen LogP contribution in [0, 0.1) is 0 Å². The maximum Gasteiger partial charge on any atom is 0.246 e. The van der Waals surface area contributed by atoms with Gasteiger partial charge in [-0.05, 0) is 35.6 Å². The third-order valence-corrected chi connectivity index (χ3v) is 7.74. The molecule has 184 valence electrons. The quantitative estimate of drug-likeness (QED) is 0.606. The van der Waals surface area contributed by atoms with Gasteiger partial charge in [-0.1, -0.05) is 61.0 Å². The Hall–Kier alpha value is -2.96. The Kier molecular flexibility index (Phi) is 7.60. The van der Waals surface area contributed by atoms with E-state index in [1.807, 2.05) is 46.2 Å². The second kappa shape index (κ2) is 11.2. The van der Waals surface area contributed by atoms with Gasteiger partial charge in [0.15, 0.2) is 0 Å². The Balaban J connectivity index is 1.04. The molecule has 0 radical (unpaired) electrons. The van der Waals surface area contributed by atoms with Crippen molar-refractivity contribution in [3.05, 3.63) is 66.2 Å². The average molecular weight is 473 g/mol. The molecule has 5 rings (SSSR count). The molecule has 35 heavy (non-hydrogen) atoms. The molecule has 2 aromatic rings. The van der Waals surface area contributed by atoms with Crippen molar-refractivity contribution in [3.8, 4) is 11.1 Å². The van der Waals surface area contributed by atoms with Crippen LogP contribution in [0.4, 0.5) is 0 Å². The molecule has 0 N–H and O–H groups in total. The summed E-state index contributed by atoms with van der Waals surface area (Å²) >= 11 is 0. The minimum Gasteiger partial charge on any atom is -0.339 e. The predicted octanol–water partition coefficient (Wildman–Crippen LogP) is 3.21. The Labute approximate surface area is 208 Å². The number of carbonyl (C=O) groups is 2. The number of nitrogens with zero attached hydrogens (tertiary/aromatic N) is 4. The molecule has 2 saturated heterocycles. The Morgan fingerprint density at radius 1 is 0.743 bits per heavy atom. The third kappa shape index (κ3) is 6.00. The molecule has 6 heteroatoms. The van der Waals surface area contributed by atoms with Crippen LogP contribution >= 0.6 is 0 Å². The van der Waals surface area contributed by atoms with Crippen LogP contribution in [-0.4, -0.2) is 96.4 Å². The summed E-state index contributed by atoms with van der Waals surface area (Å²) in [7, 11) is 0. The Morgan fingerprint density at radius 2 is 1.37 bits per heavy atom. The van der Waals surface area contributed by atoms with Crippen molar-refractivity contribution in [1.82, 2.24) is 19.6 Å². The van der Waals surface area contributed by atoms with Crippen molar-refractivity contribution in [3.63, 3.8) is 0 Å². The van der Waals surface area contributed by atoms with Crippen LogP contribution in [0.1, 0.15) is 24.8 Å². The molecule has 0 atom stereocenters. The van der Waals surface area contributed by atoms with E-state index in [1.54, 1.807) is 6.08 Å². The summed E-state index contributed by atoms with van der Waals surface area (Å²) in [6.07, 6.45) is 7.56. The zero-order valence-corrected chi connectivity index (χ0v) is 20.5. The molecule has 0 aromatic heterocycles. The molecular weight excluding hydrogens is 436 g/mol. The van der Waals surface area contributed by atoms with E-state index in [0.29, 0.717) is 19.6 Å². The van der Waals surface area contributed by atoms with Crippen molar-refractivity contribution >= 4 is 17.9 Å². The molecule has 2 amide bonds. The molecule has 2 aliphatic heterocycles. The van der Waals surface area contributed by atoms with Gasteiger partial charge in [0.25, 0.3) is 0 Å². The smallest absolute Gasteiger partial charge is 0.246 e. The van der Waals surface area contributed by atoms with E-state index in [4.69, 9.17) is 0 Å². The highest BCUT2D eigenvalue weighted by Crippen LogP contribution is 2.25. The van der Waals surface area contributed by atoms with Gasteiger partial charge in [-0.25, -0.2) is 0 Å². The normalized spacial score (nSPS) is 20.2. The molecule has 0 bridgehead atoms. The molecule has 0 spiro atoms. The lowest BCUT2D eigenvalue weighted by Gasteiger charge is -2.43. The summed E-state index contributed by atoms with van der Waals surface area (Å²) in [5.74, 6) is 0.270. The van der Waals surface area contributed by atoms with Crippen LogP contribution in [0.2, 0.25) is 0 Å². The van der Waals surface area contributed by atoms with Crippen LogP contribution in [0.3, 0.4) is 0 Å². The summed E-state index contributed by atoms with van der Waals surface area (Å²) in [5, 5.41) is 0. The van der Waals surface area contributed by atoms with Gasteiger partial charge in [0.1, 0.15) is 0 Å². The standard InChI is InChI=1S/C29H36N4O2/c34-28(14-11-24-9-12-26(13-10-24)25-5-2-1-3-6-25)32-17-15-30(16-18-32)23-29(35)33-21-19-31(20-22-33)27-7-4-8-27/h1-3,5-6,9-14,27H,4,7-8,15-23H2. The van der Waals surface area contributed by atoms with Crippen molar-refractivity contribution < 1.29 is 9.59 Å². The highest BCUT2D eigenvalue weighted by Gasteiger charge is 2.30. The first-order valence-corrected chi connectivity index (χ1v) is 13.0. The first-order chi connectivity index (χ1) is 17.2. The van der Waals surface area contributed by atoms with Crippen LogP contribution in [-0.2, 0) is 9.59 Å². The van der Waals surface area contributed by atoms with Gasteiger partial charge in [0, 0.05) is 64.5 Å². The van der Waals surface area contributed by atoms with E-state index >= 15 is 0 Å². The highest BCUT2D eigenvalue weighted by atomic mass is 16.2. The fraction of sp³-hybridized carbons (Fsp3) is 0.448. The number of rotatable bonds is 6. The number of piperazine rings is 2. The van der Waals surface area contributed by atoms with Crippen molar-refractivity contribution in [1.29, 1.82) is 0 Å². The van der Waals surface area contributed by atoms with Gasteiger partial charge >= 0.3 is 0 Å². The lowest BCUT2D eigenvalue weighted by Crippen LogP contribution is -2.56. The second-order valence-corrected chi connectivity index (χ2v) is 9.92. The van der Waals surface area contributed by atoms with E-state index in [9.17, 15) is 9.59 Å². The molecule has 6 nitrogen and oxygen atoms in total. The number of hydrogen-bond donors (Lipinski definition) is 0. The van der Waals surface area contributed by atoms with E-state index in [2.05, 4.69) is 34.1 Å². The zero-order valence-electron chi connectivity index (χ0n) is 20.5. The van der Waals surface area contributed by atoms with Gasteiger partial charge in [-0.15, -0.1) is 0 Å². The fourth-order valence-corrected chi connectivity index (χ4v) is 5.20. The lowest BCUT2D eigenvalue weighted by atomic mass is 9.91. The third-order valence-electron chi connectivity index (χ3n) is 7.74. The maximum atomic E-state index is 12.8. The van der Waals surface area contributed by atoms with Gasteiger partial charge < -0.3 is 9.80 Å². The molecule has 1 aliphatic carbocycles. The Bertz CT molecular complexity index is 1020. The number of carbonyl (C=O) groups excluding carboxylic acids is 2. The number of amides is 2. The fourth-order valence-electron chi connectivity index (χ4n) is 5.20. The predicted molar refractivity (Wildman–Crippen MR) is 140 cm³/mol. The lowest BCUT2D eigenvalue weighted by molar-refractivity contribution is -0.135. The van der Waals surface area contributed by atoms with Gasteiger partial charge in [0.2, 0.25) is 11.8 Å². The topological polar surface area (TPSA) is 47.1 Å². The summed E-state index contributed by atoms with van der Waals surface area (Å²) in [6, 6.07) is 19.3. The summed E-state index contributed by atoms with van der Waals surface area (Å²) in [6.45, 7) is 7.03. The average Bonchev–Trinajstić information content (AvgIpc) is 2.88. The molecule has 3 aliphatic rings. The molecule has 2 heterocycles. The molecule has 1 saturated carbocycles. The molecule has 0 unspecified atom stereocenters. The van der Waals surface area contributed by atoms with E-state index in [0.717, 1.165) is 50.9 Å². The van der Waals surface area contributed by atoms with Crippen molar-refractivity contribution in [2.75, 3.05) is 58.9 Å². The van der Waals surface area contributed by atoms with Crippen LogP contribution in [0.15, 0.2) is 60.7 Å². The van der Waals surface area contributed by atoms with Gasteiger partial charge in [0.05, 0.1) is 6.54 Å². The van der Waals surface area contributed by atoms with E-state index in [-0.39, 0.29) is 11.8 Å². The first kappa shape index (κ1) is 23.8. The van der Waals surface area contributed by atoms with E-state index in [1.165, 1.54) is 30.4 Å². The van der Waals surface area contributed by atoms with Crippen LogP contribution < -0.4 is 0 Å². The first-order valence-electron chi connectivity index (χ1n) is 13.0. The molecular formula is C29H36N4O2. The van der Waals surface area contributed by atoms with Crippen molar-refractivity contribution in [2.24, 2.45) is 0 Å². The van der Waals surface area contributed by atoms with Crippen LogP contribution in [0.5, 0.6) is 0 Å². The second-order valence-electron chi connectivity index (χ2n) is 9.92. The summed E-state index contributed by atoms with van der Waals surface area (Å²) < 4.78 is 0. The summed E-state index contributed by atoms with van der Waals surface area (Å²) in [4.78, 5) is 34.1. The largest absolute Gasteiger partial charge is 0.339 e. The minimum absolute atomic E-state index is 0.0372. The van der Waals surface area contributed by atoms with Gasteiger partial charge in [-0.2, -0.15) is 0 Å². The van der Waals surface area contributed by atoms with Crippen LogP contribution in [0.25, 0.3) is 17.2 Å². The maximum absolute atomic E-state index is 12.8. The molecule has 3 fully saturated rings. The number of benzene rings is 2. The SMILES string of the molecule is O=C(C=Cc1ccc(-c2ccccc2)cc1)N1CCN(CC(=O)N2CCN(C3CCC3)CC2)CC1. The Morgan fingerprint density at radius 3 is 2.00 bits per heavy atom. The van der Waals surface area contributed by atoms with Crippen molar-refractivity contribution in [2.45, 2.75) is 25.3 Å². The summed E-state index contributed by atoms with van der Waals surface area (Å²) in [5.41, 5.74) is 3.37. The minimum atomic E-state index is 0.0372. The van der Waals surface area contributed by atoms with E-state index < -0.39 is 0 Å².